The molecule has 24 heavy (non-hydrogen) atoms. The third-order valence-corrected chi connectivity index (χ3v) is 4.59. The number of carbonyl (C=O) groups excluding carboxylic acids is 1. The van der Waals surface area contributed by atoms with Crippen molar-refractivity contribution in [2.24, 2.45) is 0 Å². The first kappa shape index (κ1) is 18.3. The summed E-state index contributed by atoms with van der Waals surface area (Å²) in [6.07, 6.45) is -1.82. The molecule has 2 rings (SSSR count). The molecular formula is C17H20F3N3O. The van der Waals surface area contributed by atoms with Crippen LogP contribution in [0.1, 0.15) is 36.8 Å². The number of amides is 1. The van der Waals surface area contributed by atoms with E-state index in [0.29, 0.717) is 45.2 Å². The van der Waals surface area contributed by atoms with Crippen LogP contribution in [0.25, 0.3) is 0 Å². The van der Waals surface area contributed by atoms with Crippen molar-refractivity contribution in [2.45, 2.75) is 43.3 Å². The minimum Gasteiger partial charge on any atom is -0.357 e. The normalized spacial score (nSPS) is 24.2. The van der Waals surface area contributed by atoms with Gasteiger partial charge in [-0.1, -0.05) is 18.2 Å². The first-order valence-corrected chi connectivity index (χ1v) is 7.91. The maximum absolute atomic E-state index is 13.3. The fourth-order valence-corrected chi connectivity index (χ4v) is 3.31. The lowest BCUT2D eigenvalue weighted by atomic mass is 9.68. The Balaban J connectivity index is 2.11. The minimum absolute atomic E-state index is 0.0843. The van der Waals surface area contributed by atoms with Crippen LogP contribution in [0, 0.1) is 11.3 Å². The van der Waals surface area contributed by atoms with E-state index < -0.39 is 17.2 Å². The molecule has 2 N–H and O–H groups in total. The van der Waals surface area contributed by atoms with Crippen molar-refractivity contribution in [1.82, 2.24) is 10.6 Å². The maximum atomic E-state index is 13.3. The minimum atomic E-state index is -4.46. The molecule has 1 aromatic carbocycles. The Morgan fingerprint density at radius 2 is 1.92 bits per heavy atom. The van der Waals surface area contributed by atoms with Crippen LogP contribution >= 0.6 is 0 Å². The van der Waals surface area contributed by atoms with Crippen molar-refractivity contribution in [3.63, 3.8) is 0 Å². The lowest BCUT2D eigenvalue weighted by Crippen LogP contribution is -2.42. The fraction of sp³-hybridized carbons (Fsp3) is 0.529. The van der Waals surface area contributed by atoms with Gasteiger partial charge in [-0.2, -0.15) is 18.4 Å². The summed E-state index contributed by atoms with van der Waals surface area (Å²) in [4.78, 5) is 10.2. The van der Waals surface area contributed by atoms with Gasteiger partial charge in [0, 0.05) is 19.1 Å². The van der Waals surface area contributed by atoms with Crippen molar-refractivity contribution in [1.29, 1.82) is 5.26 Å². The Morgan fingerprint density at radius 3 is 2.50 bits per heavy atom. The molecule has 0 unspecified atom stereocenters. The van der Waals surface area contributed by atoms with Crippen molar-refractivity contribution >= 4 is 6.41 Å². The molecule has 1 saturated carbocycles. The van der Waals surface area contributed by atoms with E-state index in [0.717, 1.165) is 6.07 Å². The number of halogens is 3. The van der Waals surface area contributed by atoms with E-state index in [1.54, 1.807) is 6.07 Å². The Morgan fingerprint density at radius 1 is 1.25 bits per heavy atom. The molecule has 7 heteroatoms. The van der Waals surface area contributed by atoms with Crippen molar-refractivity contribution in [3.8, 4) is 6.07 Å². The molecule has 130 valence electrons. The smallest absolute Gasteiger partial charge is 0.357 e. The van der Waals surface area contributed by atoms with Crippen LogP contribution in [0.5, 0.6) is 0 Å². The van der Waals surface area contributed by atoms with E-state index in [9.17, 15) is 23.2 Å². The summed E-state index contributed by atoms with van der Waals surface area (Å²) in [5, 5.41) is 15.4. The number of rotatable bonds is 6. The molecule has 1 aromatic rings. The van der Waals surface area contributed by atoms with E-state index in [2.05, 4.69) is 16.7 Å². The molecule has 0 heterocycles. The van der Waals surface area contributed by atoms with Gasteiger partial charge in [0.15, 0.2) is 0 Å². The van der Waals surface area contributed by atoms with Crippen molar-refractivity contribution in [2.75, 3.05) is 13.1 Å². The number of carbonyl (C=O) groups is 1. The number of hydrogen-bond donors (Lipinski definition) is 2. The average Bonchev–Trinajstić information content (AvgIpc) is 2.59. The SMILES string of the molecule is N#CC1(c2ccccc2C(F)(F)F)CCC(NCCNC=O)CC1. The Kier molecular flexibility index (Phi) is 5.84. The van der Waals surface area contributed by atoms with E-state index in [-0.39, 0.29) is 11.6 Å². The van der Waals surface area contributed by atoms with Gasteiger partial charge in [0.2, 0.25) is 6.41 Å². The second kappa shape index (κ2) is 7.67. The lowest BCUT2D eigenvalue weighted by Gasteiger charge is -2.37. The number of nitrogens with one attached hydrogen (secondary N) is 2. The first-order chi connectivity index (χ1) is 11.4. The van der Waals surface area contributed by atoms with E-state index >= 15 is 0 Å². The summed E-state index contributed by atoms with van der Waals surface area (Å²) in [5.74, 6) is 0. The molecule has 1 amide bonds. The zero-order valence-corrected chi connectivity index (χ0v) is 13.2. The van der Waals surface area contributed by atoms with Crippen LogP contribution < -0.4 is 10.6 Å². The van der Waals surface area contributed by atoms with E-state index in [4.69, 9.17) is 0 Å². The van der Waals surface area contributed by atoms with Crippen molar-refractivity contribution in [3.05, 3.63) is 35.4 Å². The highest BCUT2D eigenvalue weighted by atomic mass is 19.4. The van der Waals surface area contributed by atoms with Gasteiger partial charge in [-0.05, 0) is 37.3 Å². The third kappa shape index (κ3) is 4.06. The van der Waals surface area contributed by atoms with Gasteiger partial charge in [0.05, 0.1) is 17.0 Å². The first-order valence-electron chi connectivity index (χ1n) is 7.91. The predicted octanol–water partition coefficient (Wildman–Crippen LogP) is 2.74. The molecule has 0 aliphatic heterocycles. The molecule has 0 bridgehead atoms. The fourth-order valence-electron chi connectivity index (χ4n) is 3.31. The Hall–Kier alpha value is -2.07. The summed E-state index contributed by atoms with van der Waals surface area (Å²) in [7, 11) is 0. The monoisotopic (exact) mass is 339 g/mol. The third-order valence-electron chi connectivity index (χ3n) is 4.59. The topological polar surface area (TPSA) is 64.9 Å². The number of benzene rings is 1. The van der Waals surface area contributed by atoms with Gasteiger partial charge in [0.1, 0.15) is 0 Å². The standard InChI is InChI=1S/C17H20F3N3O/c18-17(19,20)15-4-2-1-3-14(15)16(11-21)7-5-13(6-8-16)23-10-9-22-12-24/h1-4,12-13,23H,5-10H2,(H,22,24). The highest BCUT2D eigenvalue weighted by molar-refractivity contribution is 5.45. The molecule has 0 spiro atoms. The van der Waals surface area contributed by atoms with Gasteiger partial charge in [-0.3, -0.25) is 4.79 Å². The number of nitrogens with zero attached hydrogens (tertiary/aromatic N) is 1. The maximum Gasteiger partial charge on any atom is 0.416 e. The van der Waals surface area contributed by atoms with Gasteiger partial charge in [0.25, 0.3) is 0 Å². The summed E-state index contributed by atoms with van der Waals surface area (Å²) >= 11 is 0. The summed E-state index contributed by atoms with van der Waals surface area (Å²) < 4.78 is 39.8. The van der Waals surface area contributed by atoms with Crippen LogP contribution in [0.3, 0.4) is 0 Å². The highest BCUT2D eigenvalue weighted by Gasteiger charge is 2.43. The van der Waals surface area contributed by atoms with E-state index in [1.165, 1.54) is 12.1 Å². The van der Waals surface area contributed by atoms with Gasteiger partial charge >= 0.3 is 6.18 Å². The molecule has 1 fully saturated rings. The van der Waals surface area contributed by atoms with Crippen LogP contribution in [0.15, 0.2) is 24.3 Å². The quantitative estimate of drug-likeness (QED) is 0.619. The van der Waals surface area contributed by atoms with Gasteiger partial charge in [-0.15, -0.1) is 0 Å². The zero-order valence-electron chi connectivity index (χ0n) is 13.2. The largest absolute Gasteiger partial charge is 0.416 e. The molecular weight excluding hydrogens is 319 g/mol. The van der Waals surface area contributed by atoms with Gasteiger partial charge < -0.3 is 10.6 Å². The zero-order chi connectivity index (χ0) is 17.6. The molecule has 0 saturated heterocycles. The second-order valence-electron chi connectivity index (χ2n) is 6.04. The van der Waals surface area contributed by atoms with Crippen molar-refractivity contribution < 1.29 is 18.0 Å². The Bertz CT molecular complexity index is 602. The molecule has 0 atom stereocenters. The van der Waals surface area contributed by atoms with Crippen LogP contribution in [0.2, 0.25) is 0 Å². The molecule has 0 aromatic heterocycles. The summed E-state index contributed by atoms with van der Waals surface area (Å²) in [5.41, 5.74) is -1.72. The average molecular weight is 339 g/mol. The predicted molar refractivity (Wildman–Crippen MR) is 83.1 cm³/mol. The van der Waals surface area contributed by atoms with Crippen LogP contribution in [-0.2, 0) is 16.4 Å². The number of nitriles is 1. The van der Waals surface area contributed by atoms with Crippen LogP contribution in [0.4, 0.5) is 13.2 Å². The second-order valence-corrected chi connectivity index (χ2v) is 6.04. The van der Waals surface area contributed by atoms with E-state index in [1.807, 2.05) is 0 Å². The molecule has 1 aliphatic carbocycles. The molecule has 0 radical (unpaired) electrons. The molecule has 1 aliphatic rings. The Labute approximate surface area is 139 Å². The number of alkyl halides is 3. The highest BCUT2D eigenvalue weighted by Crippen LogP contribution is 2.44. The summed E-state index contributed by atoms with van der Waals surface area (Å²) in [6.45, 7) is 1.10. The number of hydrogen-bond acceptors (Lipinski definition) is 3. The van der Waals surface area contributed by atoms with Crippen LogP contribution in [-0.4, -0.2) is 25.5 Å². The summed E-state index contributed by atoms with van der Waals surface area (Å²) in [6, 6.07) is 7.68. The lowest BCUT2D eigenvalue weighted by molar-refractivity contribution is -0.138. The molecule has 4 nitrogen and oxygen atoms in total. The van der Waals surface area contributed by atoms with Gasteiger partial charge in [-0.25, -0.2) is 0 Å².